The fraction of sp³-hybridized carbons (Fsp3) is 0.600. The molecule has 22 heavy (non-hydrogen) atoms. The Labute approximate surface area is 132 Å². The first-order valence-corrected chi connectivity index (χ1v) is 7.12. The first-order valence-electron chi connectivity index (χ1n) is 7.12. The maximum atomic E-state index is 11.1. The Balaban J connectivity index is 3.30. The molecule has 2 amide bonds. The lowest BCUT2D eigenvalue weighted by Crippen LogP contribution is -2.27. The standard InChI is InChI=1S/C15H26N2O5/c1-4-16(14-18)6-8-20-10-12-22-13-11-21-9-7-17(5-2)15(3)19/h4-5,14H,1-2,6-13H2,3H3. The highest BCUT2D eigenvalue weighted by atomic mass is 16.5. The molecule has 0 spiro atoms. The van der Waals surface area contributed by atoms with Crippen molar-refractivity contribution in [3.05, 3.63) is 25.6 Å². The lowest BCUT2D eigenvalue weighted by atomic mass is 10.5. The quantitative estimate of drug-likeness (QED) is 0.328. The summed E-state index contributed by atoms with van der Waals surface area (Å²) in [6, 6.07) is 0. The van der Waals surface area contributed by atoms with Crippen LogP contribution in [0.2, 0.25) is 0 Å². The van der Waals surface area contributed by atoms with E-state index in [1.807, 2.05) is 0 Å². The topological polar surface area (TPSA) is 68.3 Å². The van der Waals surface area contributed by atoms with Crippen LogP contribution in [0, 0.1) is 0 Å². The largest absolute Gasteiger partial charge is 0.377 e. The van der Waals surface area contributed by atoms with Crippen molar-refractivity contribution in [2.24, 2.45) is 0 Å². The maximum Gasteiger partial charge on any atom is 0.223 e. The number of carbonyl (C=O) groups excluding carboxylic acids is 2. The third-order valence-electron chi connectivity index (χ3n) is 2.71. The number of nitrogens with zero attached hydrogens (tertiary/aromatic N) is 2. The van der Waals surface area contributed by atoms with Crippen LogP contribution in [-0.4, -0.2) is 74.8 Å². The highest BCUT2D eigenvalue weighted by Crippen LogP contribution is 1.90. The van der Waals surface area contributed by atoms with Crippen LogP contribution < -0.4 is 0 Å². The van der Waals surface area contributed by atoms with Gasteiger partial charge in [0.2, 0.25) is 12.3 Å². The van der Waals surface area contributed by atoms with E-state index in [4.69, 9.17) is 14.2 Å². The normalized spacial score (nSPS) is 10.0. The summed E-state index contributed by atoms with van der Waals surface area (Å²) in [6.45, 7) is 12.2. The second kappa shape index (κ2) is 14.2. The van der Waals surface area contributed by atoms with Gasteiger partial charge in [-0.25, -0.2) is 0 Å². The summed E-state index contributed by atoms with van der Waals surface area (Å²) in [7, 11) is 0. The summed E-state index contributed by atoms with van der Waals surface area (Å²) in [4.78, 5) is 24.4. The number of ether oxygens (including phenoxy) is 3. The molecule has 0 aliphatic carbocycles. The summed E-state index contributed by atoms with van der Waals surface area (Å²) < 4.78 is 16.0. The van der Waals surface area contributed by atoms with E-state index in [1.54, 1.807) is 0 Å². The zero-order chi connectivity index (χ0) is 16.6. The lowest BCUT2D eigenvalue weighted by Gasteiger charge is -2.15. The van der Waals surface area contributed by atoms with Gasteiger partial charge in [0.15, 0.2) is 0 Å². The highest BCUT2D eigenvalue weighted by molar-refractivity contribution is 5.74. The van der Waals surface area contributed by atoms with Crippen molar-refractivity contribution in [3.63, 3.8) is 0 Å². The van der Waals surface area contributed by atoms with Gasteiger partial charge in [-0.1, -0.05) is 13.2 Å². The Morgan fingerprint density at radius 2 is 1.41 bits per heavy atom. The van der Waals surface area contributed by atoms with Gasteiger partial charge in [0.05, 0.1) is 39.6 Å². The summed E-state index contributed by atoms with van der Waals surface area (Å²) in [5.74, 6) is -0.0587. The predicted octanol–water partition coefficient (Wildman–Crippen LogP) is 0.630. The second-order valence-corrected chi connectivity index (χ2v) is 4.26. The van der Waals surface area contributed by atoms with Gasteiger partial charge in [0.1, 0.15) is 0 Å². The van der Waals surface area contributed by atoms with Crippen LogP contribution in [0.15, 0.2) is 25.6 Å². The van der Waals surface area contributed by atoms with Crippen LogP contribution in [0.4, 0.5) is 0 Å². The smallest absolute Gasteiger partial charge is 0.223 e. The lowest BCUT2D eigenvalue weighted by molar-refractivity contribution is -0.127. The minimum atomic E-state index is -0.0587. The highest BCUT2D eigenvalue weighted by Gasteiger charge is 2.02. The monoisotopic (exact) mass is 314 g/mol. The van der Waals surface area contributed by atoms with Gasteiger partial charge in [-0.2, -0.15) is 0 Å². The molecule has 0 bridgehead atoms. The molecule has 0 aromatic rings. The van der Waals surface area contributed by atoms with Gasteiger partial charge < -0.3 is 24.0 Å². The van der Waals surface area contributed by atoms with Crippen LogP contribution >= 0.6 is 0 Å². The van der Waals surface area contributed by atoms with Crippen molar-refractivity contribution >= 4 is 12.3 Å². The van der Waals surface area contributed by atoms with Crippen LogP contribution in [0.1, 0.15) is 6.92 Å². The van der Waals surface area contributed by atoms with E-state index in [0.717, 1.165) is 0 Å². The molecule has 0 radical (unpaired) electrons. The molecule has 0 aromatic heterocycles. The van der Waals surface area contributed by atoms with Gasteiger partial charge in [0, 0.05) is 20.0 Å². The average molecular weight is 314 g/mol. The number of rotatable bonds is 15. The van der Waals surface area contributed by atoms with Crippen LogP contribution in [0.25, 0.3) is 0 Å². The van der Waals surface area contributed by atoms with Gasteiger partial charge in [-0.3, -0.25) is 9.59 Å². The van der Waals surface area contributed by atoms with E-state index in [9.17, 15) is 9.59 Å². The third kappa shape index (κ3) is 11.0. The zero-order valence-electron chi connectivity index (χ0n) is 13.2. The fourth-order valence-electron chi connectivity index (χ4n) is 1.44. The summed E-state index contributed by atoms with van der Waals surface area (Å²) >= 11 is 0. The van der Waals surface area contributed by atoms with E-state index in [0.29, 0.717) is 59.1 Å². The Hall–Kier alpha value is -1.70. The molecule has 0 saturated heterocycles. The molecule has 0 aliphatic heterocycles. The molecule has 0 rings (SSSR count). The number of hydrogen-bond acceptors (Lipinski definition) is 5. The fourth-order valence-corrected chi connectivity index (χ4v) is 1.44. The average Bonchev–Trinajstić information content (AvgIpc) is 2.52. The minimum Gasteiger partial charge on any atom is -0.377 e. The molecular formula is C15H26N2O5. The van der Waals surface area contributed by atoms with Crippen molar-refractivity contribution in [1.29, 1.82) is 0 Å². The molecule has 126 valence electrons. The molecule has 0 heterocycles. The molecule has 0 unspecified atom stereocenters. The molecule has 0 saturated carbocycles. The predicted molar refractivity (Wildman–Crippen MR) is 83.0 cm³/mol. The van der Waals surface area contributed by atoms with Gasteiger partial charge >= 0.3 is 0 Å². The number of amides is 2. The SMILES string of the molecule is C=CN(C=O)CCOCCOCCOCCN(C=C)C(C)=O. The van der Waals surface area contributed by atoms with E-state index in [2.05, 4.69) is 13.2 Å². The molecular weight excluding hydrogens is 288 g/mol. The molecule has 0 aromatic carbocycles. The van der Waals surface area contributed by atoms with Crippen molar-refractivity contribution in [2.45, 2.75) is 6.92 Å². The first-order chi connectivity index (χ1) is 10.7. The van der Waals surface area contributed by atoms with Gasteiger partial charge in [-0.15, -0.1) is 0 Å². The van der Waals surface area contributed by atoms with Crippen molar-refractivity contribution in [2.75, 3.05) is 52.7 Å². The van der Waals surface area contributed by atoms with Crippen LogP contribution in [0.3, 0.4) is 0 Å². The molecule has 0 fully saturated rings. The molecule has 0 aliphatic rings. The Morgan fingerprint density at radius 1 is 0.909 bits per heavy atom. The third-order valence-corrected chi connectivity index (χ3v) is 2.71. The minimum absolute atomic E-state index is 0.0587. The van der Waals surface area contributed by atoms with E-state index < -0.39 is 0 Å². The Bertz CT molecular complexity index is 328. The second-order valence-electron chi connectivity index (χ2n) is 4.26. The van der Waals surface area contributed by atoms with Gasteiger partial charge in [0.25, 0.3) is 0 Å². The van der Waals surface area contributed by atoms with Crippen molar-refractivity contribution in [1.82, 2.24) is 9.80 Å². The van der Waals surface area contributed by atoms with E-state index in [-0.39, 0.29) is 5.91 Å². The summed E-state index contributed by atoms with van der Waals surface area (Å²) in [5, 5.41) is 0. The zero-order valence-corrected chi connectivity index (χ0v) is 13.2. The van der Waals surface area contributed by atoms with Gasteiger partial charge in [-0.05, 0) is 12.4 Å². The summed E-state index contributed by atoms with van der Waals surface area (Å²) in [6.07, 6.45) is 3.63. The molecule has 0 N–H and O–H groups in total. The Morgan fingerprint density at radius 3 is 1.82 bits per heavy atom. The molecule has 0 atom stereocenters. The van der Waals surface area contributed by atoms with Crippen molar-refractivity contribution < 1.29 is 23.8 Å². The van der Waals surface area contributed by atoms with Crippen molar-refractivity contribution in [3.8, 4) is 0 Å². The van der Waals surface area contributed by atoms with E-state index >= 15 is 0 Å². The molecule has 7 nitrogen and oxygen atoms in total. The maximum absolute atomic E-state index is 11.1. The van der Waals surface area contributed by atoms with Crippen LogP contribution in [0.5, 0.6) is 0 Å². The first kappa shape index (κ1) is 20.3. The van der Waals surface area contributed by atoms with Crippen LogP contribution in [-0.2, 0) is 23.8 Å². The number of carbonyl (C=O) groups is 2. The number of hydrogen-bond donors (Lipinski definition) is 0. The Kier molecular flexibility index (Phi) is 13.1. The molecule has 7 heteroatoms. The summed E-state index contributed by atoms with van der Waals surface area (Å²) in [5.41, 5.74) is 0. The van der Waals surface area contributed by atoms with E-state index in [1.165, 1.54) is 29.1 Å².